The highest BCUT2D eigenvalue weighted by atomic mass is 32.2. The molecule has 7 nitrogen and oxygen atoms in total. The Kier molecular flexibility index (Phi) is 4.78. The number of likely N-dealkylation sites (tertiary alicyclic amines) is 1. The zero-order valence-corrected chi connectivity index (χ0v) is 14.9. The van der Waals surface area contributed by atoms with Gasteiger partial charge in [0.2, 0.25) is 15.9 Å². The number of rotatable bonds is 4. The lowest BCUT2D eigenvalue weighted by atomic mass is 9.90. The van der Waals surface area contributed by atoms with Crippen LogP contribution in [0.3, 0.4) is 0 Å². The maximum Gasteiger partial charge on any atom is 0.228 e. The summed E-state index contributed by atoms with van der Waals surface area (Å²) in [6.45, 7) is 2.09. The Morgan fingerprint density at radius 1 is 1.33 bits per heavy atom. The van der Waals surface area contributed by atoms with Crippen LogP contribution in [0.15, 0.2) is 18.3 Å². The molecule has 8 heteroatoms. The van der Waals surface area contributed by atoms with Gasteiger partial charge in [-0.2, -0.15) is 0 Å². The lowest BCUT2D eigenvalue weighted by Crippen LogP contribution is -2.57. The van der Waals surface area contributed by atoms with E-state index in [-0.39, 0.29) is 11.8 Å². The van der Waals surface area contributed by atoms with Crippen molar-refractivity contribution in [2.45, 2.75) is 18.8 Å². The zero-order valence-electron chi connectivity index (χ0n) is 14.1. The maximum atomic E-state index is 12.6. The molecule has 0 radical (unpaired) electrons. The molecule has 1 aromatic rings. The second-order valence-corrected chi connectivity index (χ2v) is 8.61. The molecule has 0 aromatic carbocycles. The van der Waals surface area contributed by atoms with E-state index in [1.807, 2.05) is 24.1 Å². The minimum absolute atomic E-state index is 0.0856. The highest BCUT2D eigenvalue weighted by molar-refractivity contribution is 7.88. The highest BCUT2D eigenvalue weighted by Crippen LogP contribution is 2.30. The number of piperidine rings is 1. The SMILES string of the molecule is CNc1cc([C@@H]2CCCN(C(=O)C3CN(S(C)(=O)=O)C3)C2)ccn1. The summed E-state index contributed by atoms with van der Waals surface area (Å²) in [5.41, 5.74) is 1.19. The molecular formula is C16H24N4O3S. The van der Waals surface area contributed by atoms with Crippen LogP contribution in [-0.4, -0.2) is 68.0 Å². The van der Waals surface area contributed by atoms with Gasteiger partial charge < -0.3 is 10.2 Å². The summed E-state index contributed by atoms with van der Waals surface area (Å²) in [4.78, 5) is 18.8. The van der Waals surface area contributed by atoms with Crippen molar-refractivity contribution in [1.29, 1.82) is 0 Å². The summed E-state index contributed by atoms with van der Waals surface area (Å²) < 4.78 is 24.2. The topological polar surface area (TPSA) is 82.6 Å². The van der Waals surface area contributed by atoms with Crippen LogP contribution >= 0.6 is 0 Å². The van der Waals surface area contributed by atoms with Crippen LogP contribution in [0.1, 0.15) is 24.3 Å². The van der Waals surface area contributed by atoms with Gasteiger partial charge in [-0.25, -0.2) is 17.7 Å². The van der Waals surface area contributed by atoms with Crippen LogP contribution in [0.25, 0.3) is 0 Å². The van der Waals surface area contributed by atoms with E-state index in [0.29, 0.717) is 25.6 Å². The summed E-state index contributed by atoms with van der Waals surface area (Å²) in [5, 5.41) is 3.04. The number of aromatic nitrogens is 1. The van der Waals surface area contributed by atoms with E-state index in [9.17, 15) is 13.2 Å². The van der Waals surface area contributed by atoms with Crippen LogP contribution in [-0.2, 0) is 14.8 Å². The number of nitrogens with one attached hydrogen (secondary N) is 1. The number of sulfonamides is 1. The normalized spacial score (nSPS) is 22.9. The van der Waals surface area contributed by atoms with E-state index in [0.717, 1.165) is 25.2 Å². The summed E-state index contributed by atoms with van der Waals surface area (Å²) in [6.07, 6.45) is 5.00. The largest absolute Gasteiger partial charge is 0.373 e. The first kappa shape index (κ1) is 17.2. The molecule has 3 heterocycles. The smallest absolute Gasteiger partial charge is 0.228 e. The van der Waals surface area contributed by atoms with Gasteiger partial charge in [-0.1, -0.05) is 0 Å². The number of pyridine rings is 1. The Morgan fingerprint density at radius 2 is 2.08 bits per heavy atom. The van der Waals surface area contributed by atoms with Gasteiger partial charge in [0.25, 0.3) is 0 Å². The van der Waals surface area contributed by atoms with Crippen molar-refractivity contribution >= 4 is 21.7 Å². The van der Waals surface area contributed by atoms with Gasteiger partial charge in [0.05, 0.1) is 12.2 Å². The molecule has 1 N–H and O–H groups in total. The molecule has 132 valence electrons. The van der Waals surface area contributed by atoms with Crippen molar-refractivity contribution in [2.75, 3.05) is 44.8 Å². The van der Waals surface area contributed by atoms with Gasteiger partial charge in [-0.05, 0) is 30.5 Å². The number of carbonyl (C=O) groups excluding carboxylic acids is 1. The Balaban J connectivity index is 1.62. The average Bonchev–Trinajstić information content (AvgIpc) is 2.52. The second kappa shape index (κ2) is 6.68. The van der Waals surface area contributed by atoms with Crippen molar-refractivity contribution in [2.24, 2.45) is 5.92 Å². The predicted octanol–water partition coefficient (Wildman–Crippen LogP) is 0.721. The van der Waals surface area contributed by atoms with E-state index in [1.165, 1.54) is 16.1 Å². The average molecular weight is 352 g/mol. The van der Waals surface area contributed by atoms with Crippen LogP contribution in [0.5, 0.6) is 0 Å². The summed E-state index contributed by atoms with van der Waals surface area (Å²) in [5.74, 6) is 1.04. The third-order valence-electron chi connectivity index (χ3n) is 4.91. The molecule has 2 aliphatic heterocycles. The zero-order chi connectivity index (χ0) is 17.3. The van der Waals surface area contributed by atoms with E-state index < -0.39 is 10.0 Å². The summed E-state index contributed by atoms with van der Waals surface area (Å²) >= 11 is 0. The quantitative estimate of drug-likeness (QED) is 0.863. The van der Waals surface area contributed by atoms with Crippen LogP contribution in [0.2, 0.25) is 0 Å². The fraction of sp³-hybridized carbons (Fsp3) is 0.625. The fourth-order valence-corrected chi connectivity index (χ4v) is 4.31. The molecule has 2 saturated heterocycles. The minimum Gasteiger partial charge on any atom is -0.373 e. The fourth-order valence-electron chi connectivity index (χ4n) is 3.41. The van der Waals surface area contributed by atoms with Crippen molar-refractivity contribution < 1.29 is 13.2 Å². The van der Waals surface area contributed by atoms with Crippen molar-refractivity contribution in [1.82, 2.24) is 14.2 Å². The Labute approximate surface area is 143 Å². The monoisotopic (exact) mass is 352 g/mol. The first-order valence-corrected chi connectivity index (χ1v) is 10.1. The summed E-state index contributed by atoms with van der Waals surface area (Å²) in [7, 11) is -1.34. The first-order chi connectivity index (χ1) is 11.4. The number of amides is 1. The van der Waals surface area contributed by atoms with Gasteiger partial charge in [0.1, 0.15) is 5.82 Å². The molecule has 0 unspecified atom stereocenters. The van der Waals surface area contributed by atoms with E-state index in [4.69, 9.17) is 0 Å². The van der Waals surface area contributed by atoms with Crippen LogP contribution in [0, 0.1) is 5.92 Å². The molecule has 1 aromatic heterocycles. The number of anilines is 1. The molecule has 1 amide bonds. The molecular weight excluding hydrogens is 328 g/mol. The number of carbonyl (C=O) groups is 1. The standard InChI is InChI=1S/C16H24N4O3S/c1-17-15-8-12(5-6-18-15)13-4-3-7-19(9-13)16(21)14-10-20(11-14)24(2,22)23/h5-6,8,13-14H,3-4,7,9-11H2,1-2H3,(H,17,18)/t13-/m1/s1. The molecule has 0 spiro atoms. The molecule has 3 rings (SSSR count). The Hall–Kier alpha value is -1.67. The molecule has 0 bridgehead atoms. The first-order valence-electron chi connectivity index (χ1n) is 8.26. The molecule has 24 heavy (non-hydrogen) atoms. The minimum atomic E-state index is -3.18. The van der Waals surface area contributed by atoms with Crippen LogP contribution in [0.4, 0.5) is 5.82 Å². The van der Waals surface area contributed by atoms with Crippen LogP contribution < -0.4 is 5.32 Å². The Bertz CT molecular complexity index is 716. The second-order valence-electron chi connectivity index (χ2n) is 6.62. The third kappa shape index (κ3) is 3.54. The molecule has 0 saturated carbocycles. The van der Waals surface area contributed by atoms with Crippen molar-refractivity contribution in [3.8, 4) is 0 Å². The lowest BCUT2D eigenvalue weighted by molar-refractivity contribution is -0.140. The highest BCUT2D eigenvalue weighted by Gasteiger charge is 2.40. The predicted molar refractivity (Wildman–Crippen MR) is 92.2 cm³/mol. The molecule has 1 atom stereocenters. The van der Waals surface area contributed by atoms with E-state index in [2.05, 4.69) is 10.3 Å². The third-order valence-corrected chi connectivity index (χ3v) is 6.15. The molecule has 2 fully saturated rings. The molecule has 2 aliphatic rings. The number of nitrogens with zero attached hydrogens (tertiary/aromatic N) is 3. The van der Waals surface area contributed by atoms with Crippen molar-refractivity contribution in [3.05, 3.63) is 23.9 Å². The van der Waals surface area contributed by atoms with Crippen molar-refractivity contribution in [3.63, 3.8) is 0 Å². The Morgan fingerprint density at radius 3 is 2.75 bits per heavy atom. The van der Waals surface area contributed by atoms with Gasteiger partial charge in [-0.15, -0.1) is 0 Å². The number of hydrogen-bond donors (Lipinski definition) is 1. The summed E-state index contributed by atoms with van der Waals surface area (Å²) in [6, 6.07) is 4.04. The van der Waals surface area contributed by atoms with E-state index in [1.54, 1.807) is 6.20 Å². The van der Waals surface area contributed by atoms with Gasteiger partial charge in [0.15, 0.2) is 0 Å². The van der Waals surface area contributed by atoms with E-state index >= 15 is 0 Å². The number of hydrogen-bond acceptors (Lipinski definition) is 5. The van der Waals surface area contributed by atoms with Gasteiger partial charge >= 0.3 is 0 Å². The lowest BCUT2D eigenvalue weighted by Gasteiger charge is -2.41. The van der Waals surface area contributed by atoms with Gasteiger partial charge in [-0.3, -0.25) is 4.79 Å². The molecule has 0 aliphatic carbocycles. The maximum absolute atomic E-state index is 12.6. The van der Waals surface area contributed by atoms with Gasteiger partial charge in [0, 0.05) is 45.3 Å².